The average molecular weight is 438 g/mol. The van der Waals surface area contributed by atoms with Gasteiger partial charge in [-0.2, -0.15) is 0 Å². The van der Waals surface area contributed by atoms with Gasteiger partial charge in [-0.3, -0.25) is 14.5 Å². The van der Waals surface area contributed by atoms with Gasteiger partial charge in [-0.25, -0.2) is 14.8 Å². The molecule has 2 aliphatic rings. The van der Waals surface area contributed by atoms with Gasteiger partial charge < -0.3 is 15.7 Å². The number of aromatic nitrogens is 2. The summed E-state index contributed by atoms with van der Waals surface area (Å²) in [5.41, 5.74) is -0.0388. The second kappa shape index (κ2) is 7.89. The van der Waals surface area contributed by atoms with Gasteiger partial charge in [0.05, 0.1) is 18.1 Å². The van der Waals surface area contributed by atoms with Crippen LogP contribution in [0.5, 0.6) is 5.75 Å². The lowest BCUT2D eigenvalue weighted by Gasteiger charge is -2.43. The van der Waals surface area contributed by atoms with Crippen LogP contribution in [-0.2, 0) is 9.59 Å². The first-order valence-electron chi connectivity index (χ1n) is 10.6. The molecule has 1 saturated heterocycles. The molecule has 3 N–H and O–H groups in total. The van der Waals surface area contributed by atoms with Gasteiger partial charge >= 0.3 is 6.03 Å². The second-order valence-electron chi connectivity index (χ2n) is 9.65. The standard InChI is InChI=1S/C23H27N5O4/c1-14-8-22(2,3)13-23(9-14)20(31)28(21(32)27-23)12-18(30)26-16-10-24-19(25-11-16)15-5-4-6-17(29)7-15/h4-7,10-11,14,29H,8-9,12-13H2,1-3H3,(H,26,30)(H,27,32). The molecule has 2 aromatic rings. The summed E-state index contributed by atoms with van der Waals surface area (Å²) < 4.78 is 0. The number of aromatic hydroxyl groups is 1. The molecule has 0 radical (unpaired) electrons. The Morgan fingerprint density at radius 3 is 2.62 bits per heavy atom. The molecule has 4 amide bonds. The fourth-order valence-electron chi connectivity index (χ4n) is 5.18. The summed E-state index contributed by atoms with van der Waals surface area (Å²) in [6, 6.07) is 5.99. The highest BCUT2D eigenvalue weighted by atomic mass is 16.3. The van der Waals surface area contributed by atoms with Crippen LogP contribution in [0, 0.1) is 11.3 Å². The summed E-state index contributed by atoms with van der Waals surface area (Å²) in [5.74, 6) is -0.0661. The molecular formula is C23H27N5O4. The van der Waals surface area contributed by atoms with E-state index in [0.29, 0.717) is 35.8 Å². The number of carbonyl (C=O) groups is 3. The maximum Gasteiger partial charge on any atom is 0.325 e. The summed E-state index contributed by atoms with van der Waals surface area (Å²) in [6.07, 6.45) is 4.98. The Balaban J connectivity index is 1.42. The molecule has 1 saturated carbocycles. The van der Waals surface area contributed by atoms with Crippen molar-refractivity contribution in [3.8, 4) is 17.1 Å². The molecule has 4 rings (SSSR count). The largest absolute Gasteiger partial charge is 0.508 e. The molecule has 1 aromatic carbocycles. The summed E-state index contributed by atoms with van der Waals surface area (Å²) >= 11 is 0. The lowest BCUT2D eigenvalue weighted by atomic mass is 9.64. The third kappa shape index (κ3) is 4.28. The summed E-state index contributed by atoms with van der Waals surface area (Å²) in [4.78, 5) is 47.7. The third-order valence-electron chi connectivity index (χ3n) is 5.97. The number of anilines is 1. The molecule has 9 nitrogen and oxygen atoms in total. The van der Waals surface area contributed by atoms with E-state index in [2.05, 4.69) is 41.4 Å². The molecule has 2 unspecified atom stereocenters. The minimum atomic E-state index is -0.940. The number of amides is 4. The first-order chi connectivity index (χ1) is 15.1. The average Bonchev–Trinajstić information content (AvgIpc) is 2.90. The van der Waals surface area contributed by atoms with E-state index in [0.717, 1.165) is 11.3 Å². The Morgan fingerprint density at radius 1 is 1.25 bits per heavy atom. The van der Waals surface area contributed by atoms with Crippen molar-refractivity contribution in [2.75, 3.05) is 11.9 Å². The van der Waals surface area contributed by atoms with Crippen molar-refractivity contribution in [2.45, 2.75) is 45.6 Å². The first kappa shape index (κ1) is 21.7. The van der Waals surface area contributed by atoms with E-state index >= 15 is 0 Å². The van der Waals surface area contributed by atoms with E-state index in [9.17, 15) is 19.5 Å². The van der Waals surface area contributed by atoms with Crippen LogP contribution >= 0.6 is 0 Å². The predicted octanol–water partition coefficient (Wildman–Crippen LogP) is 2.92. The van der Waals surface area contributed by atoms with Crippen molar-refractivity contribution < 1.29 is 19.5 Å². The van der Waals surface area contributed by atoms with Crippen molar-refractivity contribution in [2.24, 2.45) is 11.3 Å². The van der Waals surface area contributed by atoms with Crippen LogP contribution < -0.4 is 10.6 Å². The van der Waals surface area contributed by atoms with Gasteiger partial charge in [0.1, 0.15) is 17.8 Å². The lowest BCUT2D eigenvalue weighted by molar-refractivity contribution is -0.136. The Hall–Kier alpha value is -3.49. The Labute approximate surface area is 186 Å². The minimum absolute atomic E-state index is 0.0759. The number of phenols is 1. The molecule has 1 aliphatic carbocycles. The van der Waals surface area contributed by atoms with Crippen molar-refractivity contribution in [3.63, 3.8) is 0 Å². The van der Waals surface area contributed by atoms with E-state index in [-0.39, 0.29) is 23.6 Å². The smallest absolute Gasteiger partial charge is 0.325 e. The van der Waals surface area contributed by atoms with Crippen LogP contribution in [0.2, 0.25) is 0 Å². The fourth-order valence-corrected chi connectivity index (χ4v) is 5.18. The van der Waals surface area contributed by atoms with E-state index in [1.165, 1.54) is 18.5 Å². The monoisotopic (exact) mass is 437 g/mol. The van der Waals surface area contributed by atoms with Crippen LogP contribution in [0.15, 0.2) is 36.7 Å². The van der Waals surface area contributed by atoms with E-state index in [1.807, 2.05) is 0 Å². The normalized spacial score (nSPS) is 24.5. The summed E-state index contributed by atoms with van der Waals surface area (Å²) in [5, 5.41) is 15.1. The number of carbonyl (C=O) groups excluding carboxylic acids is 3. The maximum absolute atomic E-state index is 13.2. The molecule has 1 aliphatic heterocycles. The van der Waals surface area contributed by atoms with Crippen LogP contribution in [-0.4, -0.2) is 49.9 Å². The number of imide groups is 1. The van der Waals surface area contributed by atoms with E-state index in [4.69, 9.17) is 0 Å². The lowest BCUT2D eigenvalue weighted by Crippen LogP contribution is -2.54. The van der Waals surface area contributed by atoms with Gasteiger partial charge in [0.25, 0.3) is 5.91 Å². The van der Waals surface area contributed by atoms with Crippen LogP contribution in [0.25, 0.3) is 11.4 Å². The number of phenolic OH excluding ortho intramolecular Hbond substituents is 1. The van der Waals surface area contributed by atoms with Crippen molar-refractivity contribution >= 4 is 23.5 Å². The molecule has 2 fully saturated rings. The highest BCUT2D eigenvalue weighted by molar-refractivity contribution is 6.10. The molecule has 2 atom stereocenters. The van der Waals surface area contributed by atoms with Gasteiger partial charge in [-0.05, 0) is 42.7 Å². The topological polar surface area (TPSA) is 125 Å². The molecular weight excluding hydrogens is 410 g/mol. The summed E-state index contributed by atoms with van der Waals surface area (Å²) in [6.45, 7) is 5.90. The maximum atomic E-state index is 13.2. The van der Waals surface area contributed by atoms with Gasteiger partial charge in [0, 0.05) is 5.56 Å². The molecule has 1 spiro atoms. The zero-order valence-electron chi connectivity index (χ0n) is 18.4. The van der Waals surface area contributed by atoms with Gasteiger partial charge in [0.15, 0.2) is 5.82 Å². The van der Waals surface area contributed by atoms with Crippen molar-refractivity contribution in [1.82, 2.24) is 20.2 Å². The number of rotatable bonds is 4. The van der Waals surface area contributed by atoms with Crippen LogP contribution in [0.4, 0.5) is 10.5 Å². The zero-order chi connectivity index (χ0) is 23.1. The quantitative estimate of drug-likeness (QED) is 0.632. The minimum Gasteiger partial charge on any atom is -0.508 e. The van der Waals surface area contributed by atoms with E-state index < -0.39 is 17.5 Å². The number of benzene rings is 1. The summed E-state index contributed by atoms with van der Waals surface area (Å²) in [7, 11) is 0. The van der Waals surface area contributed by atoms with Gasteiger partial charge in [-0.1, -0.05) is 32.9 Å². The molecule has 2 heterocycles. The number of hydrogen-bond acceptors (Lipinski definition) is 6. The predicted molar refractivity (Wildman–Crippen MR) is 118 cm³/mol. The van der Waals surface area contributed by atoms with Crippen LogP contribution in [0.1, 0.15) is 40.0 Å². The molecule has 32 heavy (non-hydrogen) atoms. The number of hydrogen-bond donors (Lipinski definition) is 3. The fraction of sp³-hybridized carbons (Fsp3) is 0.435. The van der Waals surface area contributed by atoms with Gasteiger partial charge in [-0.15, -0.1) is 0 Å². The highest BCUT2D eigenvalue weighted by Gasteiger charge is 2.56. The second-order valence-corrected chi connectivity index (χ2v) is 9.65. The molecule has 1 aromatic heterocycles. The Bertz CT molecular complexity index is 1070. The third-order valence-corrected chi connectivity index (χ3v) is 5.97. The molecule has 168 valence electrons. The molecule has 9 heteroatoms. The Morgan fingerprint density at radius 2 is 1.97 bits per heavy atom. The van der Waals surface area contributed by atoms with Crippen molar-refractivity contribution in [3.05, 3.63) is 36.7 Å². The number of urea groups is 1. The molecule has 0 bridgehead atoms. The van der Waals surface area contributed by atoms with Crippen molar-refractivity contribution in [1.29, 1.82) is 0 Å². The number of nitrogens with zero attached hydrogens (tertiary/aromatic N) is 3. The van der Waals surface area contributed by atoms with E-state index in [1.54, 1.807) is 18.2 Å². The van der Waals surface area contributed by atoms with Gasteiger partial charge in [0.2, 0.25) is 5.91 Å². The number of nitrogens with one attached hydrogen (secondary N) is 2. The Kier molecular flexibility index (Phi) is 5.36. The first-order valence-corrected chi connectivity index (χ1v) is 10.6. The SMILES string of the molecule is CC1CC(C)(C)CC2(C1)NC(=O)N(CC(=O)Nc1cnc(-c3cccc(O)c3)nc1)C2=O. The highest BCUT2D eigenvalue weighted by Crippen LogP contribution is 2.46. The van der Waals surface area contributed by atoms with Crippen LogP contribution in [0.3, 0.4) is 0 Å². The zero-order valence-corrected chi connectivity index (χ0v) is 18.4.